The fourth-order valence-electron chi connectivity index (χ4n) is 4.70. The van der Waals surface area contributed by atoms with Crippen molar-refractivity contribution in [2.45, 2.75) is 71.8 Å². The van der Waals surface area contributed by atoms with Gasteiger partial charge in [-0.2, -0.15) is 0 Å². The minimum Gasteiger partial charge on any atom is -0.373 e. The van der Waals surface area contributed by atoms with Crippen molar-refractivity contribution >= 4 is 0 Å². The first-order chi connectivity index (χ1) is 15.3. The second kappa shape index (κ2) is 13.3. The van der Waals surface area contributed by atoms with E-state index in [4.69, 9.17) is 4.74 Å². The van der Waals surface area contributed by atoms with Gasteiger partial charge in [0.2, 0.25) is 0 Å². The van der Waals surface area contributed by atoms with Crippen molar-refractivity contribution in [2.75, 3.05) is 6.61 Å². The summed E-state index contributed by atoms with van der Waals surface area (Å²) in [5.74, 6) is 1.83. The molecule has 166 valence electrons. The summed E-state index contributed by atoms with van der Waals surface area (Å²) in [5, 5.41) is 0. The first kappa shape index (κ1) is 23.5. The van der Waals surface area contributed by atoms with Gasteiger partial charge in [0, 0.05) is 0 Å². The predicted octanol–water partition coefficient (Wildman–Crippen LogP) is 8.54. The lowest BCUT2D eigenvalue weighted by atomic mass is 9.79. The van der Waals surface area contributed by atoms with Gasteiger partial charge in [-0.25, -0.2) is 0 Å². The van der Waals surface area contributed by atoms with E-state index >= 15 is 0 Å². The molecule has 0 spiro atoms. The summed E-state index contributed by atoms with van der Waals surface area (Å²) < 4.78 is 5.63. The normalized spacial score (nSPS) is 19.4. The molecule has 0 saturated heterocycles. The Morgan fingerprint density at radius 1 is 0.774 bits per heavy atom. The van der Waals surface area contributed by atoms with E-state index in [1.807, 2.05) is 19.1 Å². The van der Waals surface area contributed by atoms with E-state index in [0.717, 1.165) is 11.8 Å². The fraction of sp³-hybridized carbons (Fsp3) is 0.467. The van der Waals surface area contributed by atoms with Crippen LogP contribution in [0.15, 0.2) is 72.8 Å². The van der Waals surface area contributed by atoms with Gasteiger partial charge in [-0.1, -0.05) is 85.7 Å². The van der Waals surface area contributed by atoms with Gasteiger partial charge < -0.3 is 4.74 Å². The van der Waals surface area contributed by atoms with Crippen LogP contribution in [0.4, 0.5) is 0 Å². The zero-order valence-electron chi connectivity index (χ0n) is 19.6. The molecule has 0 N–H and O–H groups in total. The number of unbranched alkanes of at least 4 members (excludes halogenated alkanes) is 1. The highest BCUT2D eigenvalue weighted by Crippen LogP contribution is 2.32. The van der Waals surface area contributed by atoms with Crippen molar-refractivity contribution in [3.8, 4) is 11.1 Å². The molecular weight excluding hydrogens is 376 g/mol. The predicted molar refractivity (Wildman–Crippen MR) is 134 cm³/mol. The van der Waals surface area contributed by atoms with Crippen LogP contribution in [0.25, 0.3) is 11.1 Å². The first-order valence-electron chi connectivity index (χ1n) is 12.3. The molecule has 0 atom stereocenters. The molecule has 1 heteroatoms. The van der Waals surface area contributed by atoms with Crippen LogP contribution in [0, 0.1) is 11.8 Å². The summed E-state index contributed by atoms with van der Waals surface area (Å²) in [6, 6.07) is 17.9. The maximum absolute atomic E-state index is 5.63. The lowest BCUT2D eigenvalue weighted by molar-refractivity contribution is 0.148. The topological polar surface area (TPSA) is 9.23 Å². The van der Waals surface area contributed by atoms with Gasteiger partial charge in [0.1, 0.15) is 0 Å². The molecule has 2 aromatic rings. The second-order valence-electron chi connectivity index (χ2n) is 9.03. The minimum atomic E-state index is 0.667. The molecule has 0 aliphatic heterocycles. The summed E-state index contributed by atoms with van der Waals surface area (Å²) in [5.41, 5.74) is 5.26. The molecule has 1 aliphatic rings. The lowest BCUT2D eigenvalue weighted by Crippen LogP contribution is -2.13. The SMILES string of the molecule is CC=CCOCc1ccc(-c2ccc(CCCC[C@H]3CC[C@H](C=CC)CC3)cc2)cc1. The Morgan fingerprint density at radius 3 is 2.03 bits per heavy atom. The van der Waals surface area contributed by atoms with E-state index < -0.39 is 0 Å². The maximum atomic E-state index is 5.63. The third-order valence-electron chi connectivity index (χ3n) is 6.64. The Morgan fingerprint density at radius 2 is 1.42 bits per heavy atom. The fourth-order valence-corrected chi connectivity index (χ4v) is 4.70. The zero-order chi connectivity index (χ0) is 21.7. The third-order valence-corrected chi connectivity index (χ3v) is 6.64. The van der Waals surface area contributed by atoms with Gasteiger partial charge >= 0.3 is 0 Å². The van der Waals surface area contributed by atoms with Crippen LogP contribution in [0.5, 0.6) is 0 Å². The van der Waals surface area contributed by atoms with Gasteiger partial charge in [0.15, 0.2) is 0 Å². The number of hydrogen-bond donors (Lipinski definition) is 0. The van der Waals surface area contributed by atoms with E-state index in [-0.39, 0.29) is 0 Å². The van der Waals surface area contributed by atoms with E-state index in [1.165, 1.54) is 73.6 Å². The van der Waals surface area contributed by atoms with Crippen molar-refractivity contribution in [1.29, 1.82) is 0 Å². The molecule has 0 amide bonds. The van der Waals surface area contributed by atoms with Crippen LogP contribution < -0.4 is 0 Å². The van der Waals surface area contributed by atoms with E-state index in [9.17, 15) is 0 Å². The number of ether oxygens (including phenoxy) is 1. The molecule has 0 radical (unpaired) electrons. The molecule has 0 aromatic heterocycles. The molecule has 1 nitrogen and oxygen atoms in total. The smallest absolute Gasteiger partial charge is 0.0721 e. The quantitative estimate of drug-likeness (QED) is 0.263. The van der Waals surface area contributed by atoms with Crippen LogP contribution in [0.1, 0.15) is 69.9 Å². The molecule has 2 aromatic carbocycles. The first-order valence-corrected chi connectivity index (χ1v) is 12.3. The van der Waals surface area contributed by atoms with Crippen molar-refractivity contribution in [3.63, 3.8) is 0 Å². The highest BCUT2D eigenvalue weighted by atomic mass is 16.5. The van der Waals surface area contributed by atoms with Gasteiger partial charge in [-0.15, -0.1) is 0 Å². The second-order valence-corrected chi connectivity index (χ2v) is 9.03. The van der Waals surface area contributed by atoms with E-state index in [2.05, 4.69) is 67.6 Å². The summed E-state index contributed by atoms with van der Waals surface area (Å²) in [6.45, 7) is 5.51. The van der Waals surface area contributed by atoms with Crippen LogP contribution in [0.3, 0.4) is 0 Å². The van der Waals surface area contributed by atoms with Crippen molar-refractivity contribution in [2.24, 2.45) is 11.8 Å². The molecule has 1 fully saturated rings. The zero-order valence-corrected chi connectivity index (χ0v) is 19.6. The Balaban J connectivity index is 1.37. The average Bonchev–Trinajstić information content (AvgIpc) is 2.82. The molecule has 0 unspecified atom stereocenters. The van der Waals surface area contributed by atoms with E-state index in [1.54, 1.807) is 0 Å². The molecule has 3 rings (SSSR count). The van der Waals surface area contributed by atoms with E-state index in [0.29, 0.717) is 13.2 Å². The number of aryl methyl sites for hydroxylation is 1. The van der Waals surface area contributed by atoms with Crippen molar-refractivity contribution in [3.05, 3.63) is 84.0 Å². The number of rotatable bonds is 11. The average molecular weight is 417 g/mol. The molecular formula is C30H40O. The van der Waals surface area contributed by atoms with Crippen LogP contribution in [-0.4, -0.2) is 6.61 Å². The minimum absolute atomic E-state index is 0.667. The molecule has 31 heavy (non-hydrogen) atoms. The van der Waals surface area contributed by atoms with Gasteiger partial charge in [-0.05, 0) is 86.5 Å². The van der Waals surface area contributed by atoms with Gasteiger partial charge in [0.05, 0.1) is 13.2 Å². The van der Waals surface area contributed by atoms with Gasteiger partial charge in [0.25, 0.3) is 0 Å². The summed E-state index contributed by atoms with van der Waals surface area (Å²) in [6.07, 6.45) is 19.7. The summed E-state index contributed by atoms with van der Waals surface area (Å²) in [7, 11) is 0. The highest BCUT2D eigenvalue weighted by Gasteiger charge is 2.18. The Labute approximate surface area is 190 Å². The standard InChI is InChI=1S/C30H40O/c1-3-5-23-31-24-28-17-21-30(22-18-28)29-19-15-27(16-20-29)10-7-6-9-26-13-11-25(8-4-2)12-14-26/h3-5,8,15-22,25-26H,6-7,9-14,23-24H2,1-2H3/t25-,26-. The van der Waals surface area contributed by atoms with Crippen LogP contribution in [-0.2, 0) is 17.8 Å². The largest absolute Gasteiger partial charge is 0.373 e. The molecule has 0 heterocycles. The number of benzene rings is 2. The Hall–Kier alpha value is -2.12. The van der Waals surface area contributed by atoms with Crippen molar-refractivity contribution < 1.29 is 4.74 Å². The monoisotopic (exact) mass is 416 g/mol. The van der Waals surface area contributed by atoms with Crippen LogP contribution >= 0.6 is 0 Å². The van der Waals surface area contributed by atoms with Crippen LogP contribution in [0.2, 0.25) is 0 Å². The van der Waals surface area contributed by atoms with Gasteiger partial charge in [-0.3, -0.25) is 0 Å². The molecule has 0 bridgehead atoms. The maximum Gasteiger partial charge on any atom is 0.0721 e. The molecule has 1 aliphatic carbocycles. The third kappa shape index (κ3) is 8.15. The number of allylic oxidation sites excluding steroid dienone is 3. The molecule has 1 saturated carbocycles. The number of hydrogen-bond acceptors (Lipinski definition) is 1. The summed E-state index contributed by atoms with van der Waals surface area (Å²) >= 11 is 0. The lowest BCUT2D eigenvalue weighted by Gasteiger charge is -2.26. The Kier molecular flexibility index (Phi) is 10.1. The van der Waals surface area contributed by atoms with Crippen molar-refractivity contribution in [1.82, 2.24) is 0 Å². The highest BCUT2D eigenvalue weighted by molar-refractivity contribution is 5.63. The summed E-state index contributed by atoms with van der Waals surface area (Å²) in [4.78, 5) is 0. The Bertz CT molecular complexity index is 789.